The van der Waals surface area contributed by atoms with E-state index in [2.05, 4.69) is 70.9 Å². The Labute approximate surface area is 439 Å². The number of aliphatic carboxylic acids is 1. The van der Waals surface area contributed by atoms with Gasteiger partial charge in [0.1, 0.15) is 24.5 Å². The maximum absolute atomic E-state index is 15.4. The first-order chi connectivity index (χ1) is 35.6. The van der Waals surface area contributed by atoms with E-state index in [1.807, 2.05) is 13.1 Å². The first-order valence-corrected chi connectivity index (χ1v) is 28.0. The molecule has 2 aromatic heterocycles. The second-order valence-corrected chi connectivity index (χ2v) is 26.5. The molecule has 9 aliphatic rings. The van der Waals surface area contributed by atoms with Gasteiger partial charge in [-0.25, -0.2) is 9.97 Å². The summed E-state index contributed by atoms with van der Waals surface area (Å²) in [7, 11) is 0. The van der Waals surface area contributed by atoms with Crippen molar-refractivity contribution in [2.75, 3.05) is 19.8 Å². The molecule has 4 heterocycles. The number of amides is 1. The number of allylic oxidation sites excluding steroid dienone is 2. The van der Waals surface area contributed by atoms with Crippen molar-refractivity contribution >= 4 is 11.9 Å². The van der Waals surface area contributed by atoms with E-state index in [-0.39, 0.29) is 55.1 Å². The van der Waals surface area contributed by atoms with Crippen LogP contribution in [0.5, 0.6) is 0 Å². The molecule has 412 valence electrons. The van der Waals surface area contributed by atoms with Crippen LogP contribution in [0, 0.1) is 97.1 Å². The van der Waals surface area contributed by atoms with Crippen molar-refractivity contribution in [3.8, 4) is 11.8 Å². The number of carboxylic acid groups (broad SMARTS) is 1. The van der Waals surface area contributed by atoms with Crippen LogP contribution in [0.4, 0.5) is 0 Å². The zero-order valence-electron chi connectivity index (χ0n) is 44.2. The Morgan fingerprint density at radius 1 is 0.920 bits per heavy atom. The maximum atomic E-state index is 15.4. The largest absolute Gasteiger partial charge is 0.481 e. The minimum absolute atomic E-state index is 0.0727. The first kappa shape index (κ1) is 53.3. The van der Waals surface area contributed by atoms with Gasteiger partial charge in [-0.2, -0.15) is 0 Å². The van der Waals surface area contributed by atoms with Crippen molar-refractivity contribution in [3.63, 3.8) is 0 Å². The predicted molar refractivity (Wildman–Crippen MR) is 271 cm³/mol. The van der Waals surface area contributed by atoms with Gasteiger partial charge in [0.05, 0.1) is 48.9 Å². The fourth-order valence-electron chi connectivity index (χ4n) is 19.4. The second kappa shape index (κ2) is 18.7. The quantitative estimate of drug-likeness (QED) is 0.0629. The lowest BCUT2D eigenvalue weighted by Gasteiger charge is -2.75. The van der Waals surface area contributed by atoms with Crippen LogP contribution in [-0.2, 0) is 25.5 Å². The molecule has 1 spiro atoms. The number of nitrogens with zero attached hydrogens (tertiary/aromatic N) is 2. The van der Waals surface area contributed by atoms with E-state index in [4.69, 9.17) is 15.2 Å². The molecule has 7 fully saturated rings. The lowest BCUT2D eigenvalue weighted by molar-refractivity contribution is -0.342. The molecule has 1 amide bonds. The smallest absolute Gasteiger partial charge is 0.310 e. The minimum atomic E-state index is -1.67. The van der Waals surface area contributed by atoms with Crippen LogP contribution in [0.1, 0.15) is 129 Å². The average Bonchev–Trinajstić information content (AvgIpc) is 4.25. The lowest BCUT2D eigenvalue weighted by atomic mass is 9.29. The van der Waals surface area contributed by atoms with Gasteiger partial charge >= 0.3 is 5.97 Å². The molecule has 18 heteroatoms. The van der Waals surface area contributed by atoms with Gasteiger partial charge < -0.3 is 71.3 Å². The number of nitrogens with two attached hydrogens (primary N) is 1. The monoisotopic (exact) mass is 1040 g/mol. The van der Waals surface area contributed by atoms with Gasteiger partial charge in [-0.05, 0) is 134 Å². The van der Waals surface area contributed by atoms with E-state index < -0.39 is 123 Å². The van der Waals surface area contributed by atoms with Crippen molar-refractivity contribution in [2.24, 2.45) is 91.0 Å². The predicted octanol–water partition coefficient (Wildman–Crippen LogP) is 3.13. The molecule has 0 unspecified atom stereocenters. The Kier molecular flexibility index (Phi) is 13.3. The highest BCUT2D eigenvalue weighted by molar-refractivity contribution is 5.87. The van der Waals surface area contributed by atoms with E-state index in [1.54, 1.807) is 18.9 Å². The van der Waals surface area contributed by atoms with Crippen LogP contribution in [0.25, 0.3) is 0 Å². The normalized spacial score (nSPS) is 49.5. The molecule has 0 aromatic carbocycles. The van der Waals surface area contributed by atoms with Crippen LogP contribution >= 0.6 is 0 Å². The third-order valence-corrected chi connectivity index (χ3v) is 23.4. The van der Waals surface area contributed by atoms with E-state index in [0.29, 0.717) is 70.6 Å². The number of aliphatic hydroxyl groups is 7. The number of ether oxygens (including phenoxy) is 2. The van der Waals surface area contributed by atoms with Crippen LogP contribution in [0.3, 0.4) is 0 Å². The third-order valence-electron chi connectivity index (χ3n) is 23.4. The van der Waals surface area contributed by atoms with E-state index in [9.17, 15) is 45.6 Å². The standard InChI is InChI=1S/C57H82N6O12/c1-51(25-64)15-16-56(50(72)73)20-31(18-32-22-59-27-61-32)55(5)34(37(56)21-51)17-29-8-9-30-7-6-13-57(30)35(42(63-49(57)71)33(10-11-41(58)67)38-23-60-28-62-38)19-36-43(68)47(75-48-45(70)44(69)39(66)24-74-48)52(2,26-65)40-12-14-53(55,3)46(29)54(36,40)4/h17,22-23,27-31,33,35-37,39-48,64-70H,6-7,10-16,18-21,24-26,58H2,1-5H3,(H,59,61)(H,60,62)(H,63,71)(H,72,73)/t29-,30-,31+,33+,35+,36-,37-,39+,40+,41-,42-,43+,44-,45+,46-,47+,48-,51-,52-,53+,54-,55+,56-,57+/m0/s1. The molecule has 2 aromatic rings. The molecule has 0 bridgehead atoms. The van der Waals surface area contributed by atoms with E-state index >= 15 is 4.79 Å². The summed E-state index contributed by atoms with van der Waals surface area (Å²) < 4.78 is 12.7. The highest BCUT2D eigenvalue weighted by Gasteiger charge is 2.77. The molecule has 13 N–H and O–H groups in total. The number of imidazole rings is 2. The number of nitrogens with one attached hydrogen (secondary N) is 3. The van der Waals surface area contributed by atoms with Crippen molar-refractivity contribution < 1.29 is 59.9 Å². The van der Waals surface area contributed by atoms with Crippen LogP contribution in [-0.4, -0.2) is 142 Å². The van der Waals surface area contributed by atoms with Crippen molar-refractivity contribution in [1.29, 1.82) is 0 Å². The number of rotatable bonds is 12. The zero-order valence-corrected chi connectivity index (χ0v) is 44.2. The van der Waals surface area contributed by atoms with Gasteiger partial charge in [0.15, 0.2) is 6.29 Å². The number of aliphatic hydroxyl groups excluding tert-OH is 7. The number of aromatic amines is 2. The molecule has 5 saturated carbocycles. The Bertz CT molecular complexity index is 2570. The zero-order chi connectivity index (χ0) is 53.4. The van der Waals surface area contributed by atoms with Crippen molar-refractivity contribution in [3.05, 3.63) is 48.1 Å². The van der Waals surface area contributed by atoms with Gasteiger partial charge in [0.2, 0.25) is 5.91 Å². The fourth-order valence-corrected chi connectivity index (χ4v) is 19.4. The molecule has 11 rings (SSSR count). The topological polar surface area (TPSA) is 310 Å². The fraction of sp³-hybridized carbons (Fsp3) is 0.789. The molecule has 24 atom stereocenters. The molecule has 2 aliphatic heterocycles. The SMILES string of the molecule is C[C@]1(CO)CC[C@]2(C(=O)O)C[C@@H](Cc3cnc[nH]3)[C@]3(C)C(=C[C@@H]4C#C[C@@H]5CCC[C@@]56C(=O)N[C@@H]([C@H](CC[C@@H](N)O)c5cnc[nH]5)[C@H]6C[C@H]5[C@@H](O)[C@@H](O[C@@H]6OC[C@@H](O)[C@H](O)[C@H]6O)[C@@](C)(CO)[C@H]6CC[C@]3(C)[C@H]4[C@]65C)[C@@H]2C1. The van der Waals surface area contributed by atoms with Gasteiger partial charge in [0.25, 0.3) is 0 Å². The molecular formula is C57H82N6O12. The average molecular weight is 1040 g/mol. The summed E-state index contributed by atoms with van der Waals surface area (Å²) in [4.78, 5) is 45.1. The molecule has 2 saturated heterocycles. The van der Waals surface area contributed by atoms with Gasteiger partial charge in [-0.15, -0.1) is 0 Å². The molecule has 75 heavy (non-hydrogen) atoms. The van der Waals surface area contributed by atoms with Gasteiger partial charge in [-0.3, -0.25) is 9.59 Å². The summed E-state index contributed by atoms with van der Waals surface area (Å²) >= 11 is 0. The molecule has 7 aliphatic carbocycles. The van der Waals surface area contributed by atoms with E-state index in [0.717, 1.165) is 23.4 Å². The Morgan fingerprint density at radius 3 is 2.36 bits per heavy atom. The molecule has 18 nitrogen and oxygen atoms in total. The van der Waals surface area contributed by atoms with Crippen molar-refractivity contribution in [2.45, 2.75) is 173 Å². The highest BCUT2D eigenvalue weighted by Crippen LogP contribution is 2.79. The highest BCUT2D eigenvalue weighted by atomic mass is 16.7. The summed E-state index contributed by atoms with van der Waals surface area (Å²) in [5.74, 6) is 3.26. The van der Waals surface area contributed by atoms with Gasteiger partial charge in [0, 0.05) is 59.6 Å². The third kappa shape index (κ3) is 7.55. The minimum Gasteiger partial charge on any atom is -0.481 e. The number of carbonyl (C=O) groups is 2. The number of H-pyrrole nitrogens is 2. The summed E-state index contributed by atoms with van der Waals surface area (Å²) in [6, 6.07) is -0.506. The maximum Gasteiger partial charge on any atom is 0.310 e. The summed E-state index contributed by atoms with van der Waals surface area (Å²) in [5, 5.41) is 95.5. The Balaban J connectivity index is 1.16. The van der Waals surface area contributed by atoms with Crippen molar-refractivity contribution in [1.82, 2.24) is 25.3 Å². The second-order valence-electron chi connectivity index (χ2n) is 26.5. The summed E-state index contributed by atoms with van der Waals surface area (Å²) in [6.07, 6.45) is 6.07. The van der Waals surface area contributed by atoms with Gasteiger partial charge in [-0.1, -0.05) is 64.5 Å². The summed E-state index contributed by atoms with van der Waals surface area (Å²) in [5.41, 5.74) is 2.82. The van der Waals surface area contributed by atoms with Crippen LogP contribution in [0.2, 0.25) is 0 Å². The Hall–Kier alpha value is -3.74. The Morgan fingerprint density at radius 2 is 1.68 bits per heavy atom. The molecular weight excluding hydrogens is 961 g/mol. The van der Waals surface area contributed by atoms with E-state index in [1.165, 1.54) is 0 Å². The lowest BCUT2D eigenvalue weighted by Crippen LogP contribution is -2.74. The number of carbonyl (C=O) groups excluding carboxylic acids is 1. The first-order valence-electron chi connectivity index (χ1n) is 28.0. The molecule has 0 radical (unpaired) electrons. The van der Waals surface area contributed by atoms with Crippen LogP contribution < -0.4 is 11.1 Å². The number of carboxylic acids is 1. The number of hydrogen-bond acceptors (Lipinski definition) is 14. The number of hydrogen-bond donors (Lipinski definition) is 12. The number of aromatic nitrogens is 4. The van der Waals surface area contributed by atoms with Crippen LogP contribution in [0.15, 0.2) is 36.7 Å². The number of fused-ring (bicyclic) bond motifs is 4. The summed E-state index contributed by atoms with van der Waals surface area (Å²) in [6.45, 7) is 10.2.